The highest BCUT2D eigenvalue weighted by molar-refractivity contribution is 7.21. The Morgan fingerprint density at radius 1 is 1.15 bits per heavy atom. The number of alkyl halides is 3. The second-order valence-electron chi connectivity index (χ2n) is 9.88. The summed E-state index contributed by atoms with van der Waals surface area (Å²) in [5, 5.41) is 23.0. The van der Waals surface area contributed by atoms with E-state index >= 15 is 0 Å². The molecule has 0 radical (unpaired) electrons. The molecule has 3 heterocycles. The summed E-state index contributed by atoms with van der Waals surface area (Å²) in [6.07, 6.45) is -4.19. The third kappa shape index (κ3) is 6.55. The van der Waals surface area contributed by atoms with Gasteiger partial charge >= 0.3 is 12.1 Å². The summed E-state index contributed by atoms with van der Waals surface area (Å²) in [6, 6.07) is 18.1. The fourth-order valence-corrected chi connectivity index (χ4v) is 5.84. The number of aliphatic hydroxyl groups excluding tert-OH is 1. The van der Waals surface area contributed by atoms with E-state index in [0.717, 1.165) is 17.2 Å². The molecule has 0 spiro atoms. The van der Waals surface area contributed by atoms with Gasteiger partial charge < -0.3 is 30.9 Å². The Morgan fingerprint density at radius 3 is 2.46 bits per heavy atom. The summed E-state index contributed by atoms with van der Waals surface area (Å²) in [5.74, 6) is -0.548. The Labute approximate surface area is 238 Å². The molecule has 1 fully saturated rings. The maximum atomic E-state index is 13.9. The third-order valence-corrected chi connectivity index (χ3v) is 8.20. The van der Waals surface area contributed by atoms with Crippen molar-refractivity contribution in [2.45, 2.75) is 37.8 Å². The van der Waals surface area contributed by atoms with Gasteiger partial charge in [-0.15, -0.1) is 11.3 Å². The van der Waals surface area contributed by atoms with E-state index in [1.54, 1.807) is 4.90 Å². The van der Waals surface area contributed by atoms with E-state index in [2.05, 4.69) is 10.3 Å². The number of aliphatic hydroxyl groups is 1. The number of ether oxygens (including phenoxy) is 1. The van der Waals surface area contributed by atoms with Crippen molar-refractivity contribution in [1.82, 2.24) is 10.3 Å². The number of halogens is 3. The Bertz CT molecular complexity index is 1500. The molecule has 12 heteroatoms. The molecule has 4 aromatic rings. The van der Waals surface area contributed by atoms with Gasteiger partial charge in [0.15, 0.2) is 0 Å². The Morgan fingerprint density at radius 2 is 1.83 bits per heavy atom. The van der Waals surface area contributed by atoms with Gasteiger partial charge in [-0.05, 0) is 42.2 Å². The van der Waals surface area contributed by atoms with Crippen molar-refractivity contribution in [3.63, 3.8) is 0 Å². The highest BCUT2D eigenvalue weighted by atomic mass is 32.1. The lowest BCUT2D eigenvalue weighted by molar-refractivity contribution is -0.136. The van der Waals surface area contributed by atoms with Crippen LogP contribution < -0.4 is 20.7 Å². The predicted octanol–water partition coefficient (Wildman–Crippen LogP) is 5.47. The van der Waals surface area contributed by atoms with Gasteiger partial charge in [-0.3, -0.25) is 0 Å². The molecule has 41 heavy (non-hydrogen) atoms. The quantitative estimate of drug-likeness (QED) is 0.204. The molecule has 0 amide bonds. The van der Waals surface area contributed by atoms with Crippen molar-refractivity contribution in [2.75, 3.05) is 30.3 Å². The number of nitrogen functional groups attached to an aromatic ring is 1. The molecular formula is C29H29F3N4O4S. The Balaban J connectivity index is 1.16. The van der Waals surface area contributed by atoms with Crippen LogP contribution in [0.2, 0.25) is 0 Å². The maximum Gasteiger partial charge on any atom is 0.417 e. The minimum absolute atomic E-state index is 0.0513. The highest BCUT2D eigenvalue weighted by Gasteiger charge is 2.37. The number of piperidine rings is 1. The molecule has 1 unspecified atom stereocenters. The molecule has 216 valence electrons. The van der Waals surface area contributed by atoms with Gasteiger partial charge in [-0.2, -0.15) is 13.2 Å². The van der Waals surface area contributed by atoms with Gasteiger partial charge in [-0.25, -0.2) is 9.78 Å². The molecule has 1 aliphatic rings. The average molecular weight is 587 g/mol. The number of anilines is 2. The van der Waals surface area contributed by atoms with E-state index in [4.69, 9.17) is 10.5 Å². The molecule has 5 rings (SSSR count). The van der Waals surface area contributed by atoms with Gasteiger partial charge in [0.05, 0.1) is 17.4 Å². The van der Waals surface area contributed by atoms with E-state index < -0.39 is 29.5 Å². The van der Waals surface area contributed by atoms with Crippen molar-refractivity contribution in [3.05, 3.63) is 82.2 Å². The zero-order chi connectivity index (χ0) is 29.1. The number of aromatic nitrogens is 1. The molecular weight excluding hydrogens is 557 g/mol. The van der Waals surface area contributed by atoms with Crippen LogP contribution in [0.4, 0.5) is 24.7 Å². The fraction of sp³-hybridized carbons (Fsp3) is 0.310. The number of pyridine rings is 1. The number of hydrogen-bond acceptors (Lipinski definition) is 8. The topological polar surface area (TPSA) is 121 Å². The molecule has 1 saturated heterocycles. The van der Waals surface area contributed by atoms with Gasteiger partial charge in [0.25, 0.3) is 0 Å². The van der Waals surface area contributed by atoms with E-state index in [0.29, 0.717) is 56.2 Å². The smallest absolute Gasteiger partial charge is 0.417 e. The van der Waals surface area contributed by atoms with Gasteiger partial charge in [0.2, 0.25) is 0 Å². The number of thiophene rings is 1. The van der Waals surface area contributed by atoms with Crippen molar-refractivity contribution >= 4 is 39.0 Å². The lowest BCUT2D eigenvalue weighted by atomic mass is 10.0. The zero-order valence-electron chi connectivity index (χ0n) is 21.9. The maximum absolute atomic E-state index is 13.9. The summed E-state index contributed by atoms with van der Waals surface area (Å²) < 4.78 is 47.4. The molecule has 0 saturated carbocycles. The predicted molar refractivity (Wildman–Crippen MR) is 151 cm³/mol. The van der Waals surface area contributed by atoms with Gasteiger partial charge in [0.1, 0.15) is 27.9 Å². The summed E-state index contributed by atoms with van der Waals surface area (Å²) in [5.41, 5.74) is 6.17. The first-order valence-electron chi connectivity index (χ1n) is 13.1. The highest BCUT2D eigenvalue weighted by Crippen LogP contribution is 2.43. The minimum atomic E-state index is -4.72. The Hall–Kier alpha value is -3.87. The van der Waals surface area contributed by atoms with Crippen LogP contribution in [0.15, 0.2) is 60.7 Å². The third-order valence-electron chi connectivity index (χ3n) is 7.12. The van der Waals surface area contributed by atoms with Crippen molar-refractivity contribution < 1.29 is 32.9 Å². The van der Waals surface area contributed by atoms with Crippen LogP contribution in [-0.4, -0.2) is 46.8 Å². The first-order chi connectivity index (χ1) is 19.6. The van der Waals surface area contributed by atoms with Gasteiger partial charge in [0, 0.05) is 31.1 Å². The first kappa shape index (κ1) is 28.7. The lowest BCUT2D eigenvalue weighted by Gasteiger charge is -2.34. The van der Waals surface area contributed by atoms with Crippen LogP contribution in [-0.2, 0) is 12.8 Å². The largest absolute Gasteiger partial charge is 0.489 e. The fourth-order valence-electron chi connectivity index (χ4n) is 4.89. The monoisotopic (exact) mass is 586 g/mol. The van der Waals surface area contributed by atoms with E-state index in [-0.39, 0.29) is 27.0 Å². The second-order valence-corrected chi connectivity index (χ2v) is 10.9. The number of carboxylic acid groups (broad SMARTS) is 1. The Kier molecular flexibility index (Phi) is 8.34. The number of nitrogens with two attached hydrogens (primary N) is 1. The number of hydrogen-bond donors (Lipinski definition) is 4. The zero-order valence-corrected chi connectivity index (χ0v) is 22.7. The summed E-state index contributed by atoms with van der Waals surface area (Å²) >= 11 is 0.642. The minimum Gasteiger partial charge on any atom is -0.489 e. The molecule has 2 aromatic heterocycles. The number of nitrogens with zero attached hydrogens (tertiary/aromatic N) is 2. The number of rotatable bonds is 9. The van der Waals surface area contributed by atoms with Crippen LogP contribution in [0, 0.1) is 0 Å². The summed E-state index contributed by atoms with van der Waals surface area (Å²) in [7, 11) is 0. The number of nitrogens with one attached hydrogen (secondary N) is 1. The average Bonchev–Trinajstić information content (AvgIpc) is 3.31. The van der Waals surface area contributed by atoms with E-state index in [1.165, 1.54) is 0 Å². The molecule has 8 nitrogen and oxygen atoms in total. The lowest BCUT2D eigenvalue weighted by Crippen LogP contribution is -2.44. The number of benzene rings is 2. The van der Waals surface area contributed by atoms with Crippen molar-refractivity contribution in [1.29, 1.82) is 0 Å². The summed E-state index contributed by atoms with van der Waals surface area (Å²) in [6.45, 7) is 1.67. The standard InChI is InChI=1S/C29H29F3N4O4S/c30-29(31,32)21-14-23(35-27-24(21)25(33)26(41-27)28(38)39)36-12-10-19(11-13-36)34-15-22(37)18-6-8-20(9-7-18)40-16-17-4-2-1-3-5-17/h1-9,14,19,22,34,37H,10-13,15-16,33H2,(H,38,39). The molecule has 0 aliphatic carbocycles. The van der Waals surface area contributed by atoms with Crippen LogP contribution in [0.1, 0.15) is 45.3 Å². The second kappa shape index (κ2) is 11.9. The molecule has 5 N–H and O–H groups in total. The molecule has 0 bridgehead atoms. The van der Waals surface area contributed by atoms with E-state index in [1.807, 2.05) is 54.6 Å². The number of carbonyl (C=O) groups is 1. The number of aromatic carboxylic acids is 1. The molecule has 2 aromatic carbocycles. The normalized spacial score (nSPS) is 15.3. The van der Waals surface area contributed by atoms with Crippen LogP contribution in [0.5, 0.6) is 5.75 Å². The van der Waals surface area contributed by atoms with Crippen LogP contribution >= 0.6 is 11.3 Å². The molecule has 1 aliphatic heterocycles. The van der Waals surface area contributed by atoms with Crippen molar-refractivity contribution in [3.8, 4) is 5.75 Å². The number of carboxylic acids is 1. The molecule has 1 atom stereocenters. The van der Waals surface area contributed by atoms with Crippen LogP contribution in [0.3, 0.4) is 0 Å². The van der Waals surface area contributed by atoms with Crippen LogP contribution in [0.25, 0.3) is 10.2 Å². The van der Waals surface area contributed by atoms with Crippen molar-refractivity contribution in [2.24, 2.45) is 0 Å². The van der Waals surface area contributed by atoms with E-state index in [9.17, 15) is 28.2 Å². The van der Waals surface area contributed by atoms with Gasteiger partial charge in [-0.1, -0.05) is 42.5 Å². The first-order valence-corrected chi connectivity index (χ1v) is 13.9. The summed E-state index contributed by atoms with van der Waals surface area (Å²) in [4.78, 5) is 17.1. The SMILES string of the molecule is Nc1c(C(=O)O)sc2nc(N3CCC(NCC(O)c4ccc(OCc5ccccc5)cc4)CC3)cc(C(F)(F)F)c12. The number of fused-ring (bicyclic) bond motifs is 1.